The number of hydrogen-bond donors (Lipinski definition) is 1. The molecule has 2 rings (SSSR count). The van der Waals surface area contributed by atoms with Crippen molar-refractivity contribution < 1.29 is 0 Å². The van der Waals surface area contributed by atoms with Crippen LogP contribution in [-0.2, 0) is 12.8 Å². The number of benzene rings is 1. The Morgan fingerprint density at radius 1 is 1.50 bits per heavy atom. The molecule has 0 radical (unpaired) electrons. The van der Waals surface area contributed by atoms with E-state index in [1.54, 1.807) is 0 Å². The van der Waals surface area contributed by atoms with Crippen LogP contribution in [0.5, 0.6) is 0 Å². The summed E-state index contributed by atoms with van der Waals surface area (Å²) in [6.07, 6.45) is 2.29. The summed E-state index contributed by atoms with van der Waals surface area (Å²) in [5.41, 5.74) is 4.35. The minimum atomic E-state index is 0.544. The Bertz CT molecular complexity index is 373. The Balaban J connectivity index is 2.20. The molecule has 88 valence electrons. The van der Waals surface area contributed by atoms with Gasteiger partial charge in [-0.1, -0.05) is 12.1 Å². The van der Waals surface area contributed by atoms with Gasteiger partial charge in [0.2, 0.25) is 0 Å². The van der Waals surface area contributed by atoms with Crippen LogP contribution in [0.1, 0.15) is 25.0 Å². The Labute approximate surface area is 98.7 Å². The monoisotopic (exact) mass is 218 g/mol. The van der Waals surface area contributed by atoms with E-state index in [4.69, 9.17) is 0 Å². The van der Waals surface area contributed by atoms with E-state index in [0.29, 0.717) is 12.1 Å². The van der Waals surface area contributed by atoms with Crippen molar-refractivity contribution in [1.82, 2.24) is 5.32 Å². The molecular formula is C14H22N2. The third-order valence-corrected chi connectivity index (χ3v) is 3.74. The minimum Gasteiger partial charge on any atom is -0.371 e. The Kier molecular flexibility index (Phi) is 3.20. The first-order valence-corrected chi connectivity index (χ1v) is 6.13. The number of rotatable bonds is 3. The SMILES string of the molecule is CNC(C)Cc1ccc2c(c1)N(C)C(C)C2. The van der Waals surface area contributed by atoms with Crippen LogP contribution in [-0.4, -0.2) is 26.2 Å². The van der Waals surface area contributed by atoms with E-state index in [-0.39, 0.29) is 0 Å². The Hall–Kier alpha value is -1.02. The second kappa shape index (κ2) is 4.46. The van der Waals surface area contributed by atoms with Gasteiger partial charge >= 0.3 is 0 Å². The van der Waals surface area contributed by atoms with Crippen molar-refractivity contribution in [2.24, 2.45) is 0 Å². The molecule has 1 aromatic carbocycles. The summed E-state index contributed by atoms with van der Waals surface area (Å²) in [6, 6.07) is 8.12. The average molecular weight is 218 g/mol. The highest BCUT2D eigenvalue weighted by Crippen LogP contribution is 2.31. The van der Waals surface area contributed by atoms with Gasteiger partial charge in [0.05, 0.1) is 0 Å². The Morgan fingerprint density at radius 3 is 2.94 bits per heavy atom. The zero-order valence-electron chi connectivity index (χ0n) is 10.7. The third-order valence-electron chi connectivity index (χ3n) is 3.74. The molecular weight excluding hydrogens is 196 g/mol. The molecule has 16 heavy (non-hydrogen) atoms. The lowest BCUT2D eigenvalue weighted by Gasteiger charge is -2.19. The van der Waals surface area contributed by atoms with Gasteiger partial charge in [-0.2, -0.15) is 0 Å². The summed E-state index contributed by atoms with van der Waals surface area (Å²) in [5.74, 6) is 0. The second-order valence-corrected chi connectivity index (χ2v) is 5.02. The maximum absolute atomic E-state index is 3.29. The van der Waals surface area contributed by atoms with Crippen LogP contribution in [0.4, 0.5) is 5.69 Å². The molecule has 1 aromatic rings. The molecule has 0 aliphatic carbocycles. The van der Waals surface area contributed by atoms with E-state index in [1.807, 2.05) is 7.05 Å². The van der Waals surface area contributed by atoms with Crippen LogP contribution >= 0.6 is 0 Å². The van der Waals surface area contributed by atoms with E-state index in [9.17, 15) is 0 Å². The van der Waals surface area contributed by atoms with Crippen molar-refractivity contribution in [1.29, 1.82) is 0 Å². The highest BCUT2D eigenvalue weighted by Gasteiger charge is 2.22. The summed E-state index contributed by atoms with van der Waals surface area (Å²) in [6.45, 7) is 4.51. The normalized spacial score (nSPS) is 21.0. The largest absolute Gasteiger partial charge is 0.371 e. The molecule has 2 unspecified atom stereocenters. The molecule has 1 aliphatic rings. The maximum Gasteiger partial charge on any atom is 0.0402 e. The molecule has 2 nitrogen and oxygen atoms in total. The Morgan fingerprint density at radius 2 is 2.25 bits per heavy atom. The number of nitrogens with one attached hydrogen (secondary N) is 1. The molecule has 1 aliphatic heterocycles. The lowest BCUT2D eigenvalue weighted by atomic mass is 10.0. The molecule has 2 heteroatoms. The van der Waals surface area contributed by atoms with Crippen molar-refractivity contribution >= 4 is 5.69 Å². The van der Waals surface area contributed by atoms with Crippen LogP contribution in [0, 0.1) is 0 Å². The van der Waals surface area contributed by atoms with Gasteiger partial charge in [0.1, 0.15) is 0 Å². The molecule has 1 heterocycles. The first-order chi connectivity index (χ1) is 7.61. The summed E-state index contributed by atoms with van der Waals surface area (Å²) in [5, 5.41) is 3.29. The number of nitrogens with zero attached hydrogens (tertiary/aromatic N) is 1. The van der Waals surface area contributed by atoms with Crippen LogP contribution in [0.15, 0.2) is 18.2 Å². The average Bonchev–Trinajstić information content (AvgIpc) is 2.55. The molecule has 0 saturated carbocycles. The van der Waals surface area contributed by atoms with Gasteiger partial charge in [0, 0.05) is 24.8 Å². The van der Waals surface area contributed by atoms with Crippen molar-refractivity contribution in [3.05, 3.63) is 29.3 Å². The van der Waals surface area contributed by atoms with Crippen molar-refractivity contribution in [2.75, 3.05) is 19.0 Å². The minimum absolute atomic E-state index is 0.544. The summed E-state index contributed by atoms with van der Waals surface area (Å²) in [7, 11) is 4.22. The van der Waals surface area contributed by atoms with Gasteiger partial charge < -0.3 is 10.2 Å². The fourth-order valence-corrected chi connectivity index (χ4v) is 2.39. The topological polar surface area (TPSA) is 15.3 Å². The number of anilines is 1. The third kappa shape index (κ3) is 2.07. The zero-order chi connectivity index (χ0) is 11.7. The smallest absolute Gasteiger partial charge is 0.0402 e. The highest BCUT2D eigenvalue weighted by molar-refractivity contribution is 5.60. The van der Waals surface area contributed by atoms with Crippen LogP contribution in [0.2, 0.25) is 0 Å². The quantitative estimate of drug-likeness (QED) is 0.837. The predicted octanol–water partition coefficient (Wildman–Crippen LogP) is 2.22. The first kappa shape index (κ1) is 11.5. The van der Waals surface area contributed by atoms with Crippen LogP contribution in [0.25, 0.3) is 0 Å². The fourth-order valence-electron chi connectivity index (χ4n) is 2.39. The standard InChI is InChI=1S/C14H22N2/c1-10(15-3)7-12-5-6-13-8-11(2)16(4)14(13)9-12/h5-6,9-11,15H,7-8H2,1-4H3. The summed E-state index contributed by atoms with van der Waals surface area (Å²) >= 11 is 0. The number of hydrogen-bond acceptors (Lipinski definition) is 2. The number of fused-ring (bicyclic) bond motifs is 1. The lowest BCUT2D eigenvalue weighted by Crippen LogP contribution is -2.24. The highest BCUT2D eigenvalue weighted by atomic mass is 15.1. The maximum atomic E-state index is 3.29. The molecule has 0 fully saturated rings. The molecule has 0 aromatic heterocycles. The molecule has 0 bridgehead atoms. The van der Waals surface area contributed by atoms with Crippen LogP contribution in [0.3, 0.4) is 0 Å². The molecule has 0 saturated heterocycles. The number of likely N-dealkylation sites (N-methyl/N-ethyl adjacent to an activating group) is 2. The summed E-state index contributed by atoms with van der Waals surface area (Å²) in [4.78, 5) is 2.39. The van der Waals surface area contributed by atoms with Crippen LogP contribution < -0.4 is 10.2 Å². The predicted molar refractivity (Wildman–Crippen MR) is 70.2 cm³/mol. The van der Waals surface area contributed by atoms with E-state index in [2.05, 4.69) is 49.3 Å². The fraction of sp³-hybridized carbons (Fsp3) is 0.571. The van der Waals surface area contributed by atoms with Gasteiger partial charge in [-0.15, -0.1) is 0 Å². The second-order valence-electron chi connectivity index (χ2n) is 5.02. The first-order valence-electron chi connectivity index (χ1n) is 6.13. The van der Waals surface area contributed by atoms with Crippen molar-refractivity contribution in [3.8, 4) is 0 Å². The molecule has 2 atom stereocenters. The molecule has 0 amide bonds. The summed E-state index contributed by atoms with van der Waals surface area (Å²) < 4.78 is 0. The molecule has 1 N–H and O–H groups in total. The molecule has 0 spiro atoms. The van der Waals surface area contributed by atoms with Gasteiger partial charge in [-0.05, 0) is 50.9 Å². The van der Waals surface area contributed by atoms with E-state index in [1.165, 1.54) is 23.2 Å². The van der Waals surface area contributed by atoms with E-state index < -0.39 is 0 Å². The van der Waals surface area contributed by atoms with Crippen molar-refractivity contribution in [2.45, 2.75) is 38.8 Å². The van der Waals surface area contributed by atoms with Gasteiger partial charge in [0.15, 0.2) is 0 Å². The van der Waals surface area contributed by atoms with E-state index in [0.717, 1.165) is 6.42 Å². The zero-order valence-corrected chi connectivity index (χ0v) is 10.7. The van der Waals surface area contributed by atoms with Crippen molar-refractivity contribution in [3.63, 3.8) is 0 Å². The van der Waals surface area contributed by atoms with Gasteiger partial charge in [-0.3, -0.25) is 0 Å². The van der Waals surface area contributed by atoms with Gasteiger partial charge in [-0.25, -0.2) is 0 Å². The van der Waals surface area contributed by atoms with Gasteiger partial charge in [0.25, 0.3) is 0 Å². The lowest BCUT2D eigenvalue weighted by molar-refractivity contribution is 0.608. The van der Waals surface area contributed by atoms with E-state index >= 15 is 0 Å².